The summed E-state index contributed by atoms with van der Waals surface area (Å²) in [6.07, 6.45) is 8.47. The topological polar surface area (TPSA) is 30.3 Å². The molecular weight excluding hydrogens is 310 g/mol. The van der Waals surface area contributed by atoms with E-state index in [1.165, 1.54) is 31.5 Å². The van der Waals surface area contributed by atoms with E-state index in [1.807, 2.05) is 42.3 Å². The Morgan fingerprint density at radius 1 is 1.26 bits per heavy atom. The molecule has 0 N–H and O–H groups in total. The maximum atomic E-state index is 6.14. The van der Waals surface area contributed by atoms with Gasteiger partial charge in [0.1, 0.15) is 5.75 Å². The number of hydrogen-bond acceptors (Lipinski definition) is 3. The van der Waals surface area contributed by atoms with Crippen molar-refractivity contribution in [2.24, 2.45) is 7.05 Å². The minimum absolute atomic E-state index is 0.717. The Labute approximate surface area is 143 Å². The van der Waals surface area contributed by atoms with Crippen LogP contribution >= 0.6 is 11.6 Å². The summed E-state index contributed by atoms with van der Waals surface area (Å²) in [5.74, 6) is 0.891. The van der Waals surface area contributed by atoms with Crippen molar-refractivity contribution >= 4 is 11.6 Å². The highest BCUT2D eigenvalue weighted by atomic mass is 35.5. The van der Waals surface area contributed by atoms with Crippen molar-refractivity contribution in [3.05, 3.63) is 46.7 Å². The van der Waals surface area contributed by atoms with E-state index in [4.69, 9.17) is 16.3 Å². The first-order chi connectivity index (χ1) is 11.2. The second-order valence-electron chi connectivity index (χ2n) is 6.20. The molecule has 0 radical (unpaired) electrons. The van der Waals surface area contributed by atoms with Gasteiger partial charge in [0.05, 0.1) is 12.8 Å². The lowest BCUT2D eigenvalue weighted by atomic mass is 10.1. The van der Waals surface area contributed by atoms with Crippen LogP contribution in [0.1, 0.15) is 30.4 Å². The zero-order valence-corrected chi connectivity index (χ0v) is 14.4. The lowest BCUT2D eigenvalue weighted by molar-refractivity contribution is 0.262. The average Bonchev–Trinajstić information content (AvgIpc) is 3.18. The molecule has 2 heterocycles. The van der Waals surface area contributed by atoms with E-state index in [9.17, 15) is 0 Å². The van der Waals surface area contributed by atoms with Crippen molar-refractivity contribution in [1.29, 1.82) is 0 Å². The third-order valence-electron chi connectivity index (χ3n) is 4.26. The van der Waals surface area contributed by atoms with Gasteiger partial charge < -0.3 is 9.64 Å². The van der Waals surface area contributed by atoms with Crippen molar-refractivity contribution in [2.45, 2.75) is 25.7 Å². The predicted molar refractivity (Wildman–Crippen MR) is 93.3 cm³/mol. The molecule has 0 spiro atoms. The monoisotopic (exact) mass is 333 g/mol. The van der Waals surface area contributed by atoms with E-state index >= 15 is 0 Å². The summed E-state index contributed by atoms with van der Waals surface area (Å²) in [7, 11) is 1.93. The number of likely N-dealkylation sites (tertiary alicyclic amines) is 1. The quantitative estimate of drug-likeness (QED) is 0.726. The Morgan fingerprint density at radius 3 is 2.83 bits per heavy atom. The molecule has 23 heavy (non-hydrogen) atoms. The van der Waals surface area contributed by atoms with Gasteiger partial charge in [0, 0.05) is 31.2 Å². The maximum absolute atomic E-state index is 6.14. The number of nitrogens with zero attached hydrogens (tertiary/aromatic N) is 3. The summed E-state index contributed by atoms with van der Waals surface area (Å²) >= 11 is 6.14. The van der Waals surface area contributed by atoms with Gasteiger partial charge in [0.2, 0.25) is 0 Å². The molecule has 0 unspecified atom stereocenters. The number of benzene rings is 1. The van der Waals surface area contributed by atoms with Crippen molar-refractivity contribution in [1.82, 2.24) is 14.7 Å². The summed E-state index contributed by atoms with van der Waals surface area (Å²) < 4.78 is 7.84. The van der Waals surface area contributed by atoms with Gasteiger partial charge in [-0.2, -0.15) is 5.10 Å². The van der Waals surface area contributed by atoms with E-state index in [1.54, 1.807) is 0 Å². The largest absolute Gasteiger partial charge is 0.493 e. The number of aryl methyl sites for hydroxylation is 1. The van der Waals surface area contributed by atoms with Crippen LogP contribution in [-0.2, 0) is 13.5 Å². The second kappa shape index (κ2) is 7.84. The van der Waals surface area contributed by atoms with E-state index in [-0.39, 0.29) is 0 Å². The highest BCUT2D eigenvalue weighted by Gasteiger charge is 2.11. The van der Waals surface area contributed by atoms with Gasteiger partial charge >= 0.3 is 0 Å². The van der Waals surface area contributed by atoms with Crippen molar-refractivity contribution in [3.63, 3.8) is 0 Å². The highest BCUT2D eigenvalue weighted by Crippen LogP contribution is 2.26. The van der Waals surface area contributed by atoms with E-state index < -0.39 is 0 Å². The van der Waals surface area contributed by atoms with Crippen molar-refractivity contribution < 1.29 is 4.74 Å². The van der Waals surface area contributed by atoms with Gasteiger partial charge in [0.15, 0.2) is 0 Å². The molecule has 1 aromatic heterocycles. The molecule has 3 rings (SSSR count). The van der Waals surface area contributed by atoms with Crippen LogP contribution < -0.4 is 4.74 Å². The fourth-order valence-corrected chi connectivity index (χ4v) is 3.23. The number of halogens is 1. The number of aromatic nitrogens is 2. The summed E-state index contributed by atoms with van der Waals surface area (Å²) in [5, 5.41) is 4.94. The summed E-state index contributed by atoms with van der Waals surface area (Å²) in [5.41, 5.74) is 2.33. The van der Waals surface area contributed by atoms with Gasteiger partial charge in [-0.25, -0.2) is 0 Å². The molecule has 0 atom stereocenters. The minimum Gasteiger partial charge on any atom is -0.493 e. The van der Waals surface area contributed by atoms with Crippen LogP contribution in [0.5, 0.6) is 5.75 Å². The smallest absolute Gasteiger partial charge is 0.124 e. The summed E-state index contributed by atoms with van der Waals surface area (Å²) in [6.45, 7) is 4.34. The number of rotatable bonds is 7. The first kappa shape index (κ1) is 16.3. The molecule has 1 fully saturated rings. The Morgan fingerprint density at radius 2 is 2.09 bits per heavy atom. The zero-order valence-electron chi connectivity index (χ0n) is 13.7. The Balaban J connectivity index is 1.57. The third-order valence-corrected chi connectivity index (χ3v) is 4.49. The predicted octanol–water partition coefficient (Wildman–Crippen LogP) is 3.53. The molecule has 2 aromatic rings. The molecule has 0 amide bonds. The second-order valence-corrected chi connectivity index (χ2v) is 6.64. The molecule has 0 aliphatic carbocycles. The van der Waals surface area contributed by atoms with Gasteiger partial charge in [-0.3, -0.25) is 4.68 Å². The normalized spacial score (nSPS) is 15.2. The van der Waals surface area contributed by atoms with E-state index in [2.05, 4.69) is 10.00 Å². The molecule has 124 valence electrons. The van der Waals surface area contributed by atoms with Crippen LogP contribution in [0.25, 0.3) is 0 Å². The van der Waals surface area contributed by atoms with Crippen molar-refractivity contribution in [2.75, 3.05) is 26.2 Å². The molecule has 1 aromatic carbocycles. The summed E-state index contributed by atoms with van der Waals surface area (Å²) in [4.78, 5) is 2.51. The fraction of sp³-hybridized carbons (Fsp3) is 0.500. The average molecular weight is 334 g/mol. The Hall–Kier alpha value is -1.52. The summed E-state index contributed by atoms with van der Waals surface area (Å²) in [6, 6.07) is 5.89. The molecule has 1 aliphatic heterocycles. The van der Waals surface area contributed by atoms with Crippen LogP contribution in [0.3, 0.4) is 0 Å². The molecule has 0 bridgehead atoms. The maximum Gasteiger partial charge on any atom is 0.124 e. The van der Waals surface area contributed by atoms with Crippen LogP contribution in [0.4, 0.5) is 0 Å². The molecule has 0 saturated carbocycles. The van der Waals surface area contributed by atoms with Crippen LogP contribution in [-0.4, -0.2) is 40.9 Å². The van der Waals surface area contributed by atoms with E-state index in [0.29, 0.717) is 0 Å². The SMILES string of the molecule is Cn1cc(Cc2ccc(Cl)cc2OCCCN2CCCC2)cn1. The van der Waals surface area contributed by atoms with Gasteiger partial charge in [-0.15, -0.1) is 0 Å². The van der Waals surface area contributed by atoms with Crippen LogP contribution in [0.2, 0.25) is 5.02 Å². The highest BCUT2D eigenvalue weighted by molar-refractivity contribution is 6.30. The van der Waals surface area contributed by atoms with Gasteiger partial charge in [0.25, 0.3) is 0 Å². The fourth-order valence-electron chi connectivity index (χ4n) is 3.07. The zero-order chi connectivity index (χ0) is 16.1. The molecule has 1 aliphatic rings. The van der Waals surface area contributed by atoms with Gasteiger partial charge in [-0.05, 0) is 55.6 Å². The molecule has 4 nitrogen and oxygen atoms in total. The standard InChI is InChI=1S/C18H24ClN3O/c1-21-14-15(13-20-21)11-16-5-6-17(19)12-18(16)23-10-4-9-22-7-2-3-8-22/h5-6,12-14H,2-4,7-11H2,1H3. The number of ether oxygens (including phenoxy) is 1. The Kier molecular flexibility index (Phi) is 5.57. The molecular formula is C18H24ClN3O. The Bertz CT molecular complexity index is 635. The number of hydrogen-bond donors (Lipinski definition) is 0. The first-order valence-electron chi connectivity index (χ1n) is 8.32. The molecule has 1 saturated heterocycles. The van der Waals surface area contributed by atoms with Crippen molar-refractivity contribution in [3.8, 4) is 5.75 Å². The third kappa shape index (κ3) is 4.72. The minimum atomic E-state index is 0.717. The van der Waals surface area contributed by atoms with Gasteiger partial charge in [-0.1, -0.05) is 17.7 Å². The van der Waals surface area contributed by atoms with Crippen LogP contribution in [0, 0.1) is 0 Å². The first-order valence-corrected chi connectivity index (χ1v) is 8.69. The van der Waals surface area contributed by atoms with E-state index in [0.717, 1.165) is 42.3 Å². The lowest BCUT2D eigenvalue weighted by Gasteiger charge is -2.15. The lowest BCUT2D eigenvalue weighted by Crippen LogP contribution is -2.22. The van der Waals surface area contributed by atoms with Crippen LogP contribution in [0.15, 0.2) is 30.6 Å². The molecule has 5 heteroatoms.